The normalized spacial score (nSPS) is 27.8. The first-order valence-corrected chi connectivity index (χ1v) is 7.84. The average Bonchev–Trinajstić information content (AvgIpc) is 3.09. The van der Waals surface area contributed by atoms with Gasteiger partial charge in [-0.2, -0.15) is 0 Å². The van der Waals surface area contributed by atoms with Crippen molar-refractivity contribution in [1.29, 1.82) is 0 Å². The zero-order chi connectivity index (χ0) is 13.9. The summed E-state index contributed by atoms with van der Waals surface area (Å²) < 4.78 is 10.6. The summed E-state index contributed by atoms with van der Waals surface area (Å²) in [4.78, 5) is 0. The molecule has 1 aromatic rings. The van der Waals surface area contributed by atoms with Crippen LogP contribution in [0.2, 0.25) is 0 Å². The number of nitrogens with two attached hydrogens (primary N) is 1. The van der Waals surface area contributed by atoms with Crippen LogP contribution in [0.1, 0.15) is 31.2 Å². The first-order valence-electron chi connectivity index (χ1n) is 7.84. The van der Waals surface area contributed by atoms with E-state index in [-0.39, 0.29) is 0 Å². The molecule has 3 heteroatoms. The van der Waals surface area contributed by atoms with Crippen molar-refractivity contribution in [2.75, 3.05) is 20.8 Å². The van der Waals surface area contributed by atoms with Gasteiger partial charge in [-0.05, 0) is 42.9 Å². The van der Waals surface area contributed by atoms with E-state index in [1.54, 1.807) is 14.2 Å². The van der Waals surface area contributed by atoms with Crippen LogP contribution in [0.3, 0.4) is 0 Å². The van der Waals surface area contributed by atoms with Gasteiger partial charge in [-0.25, -0.2) is 0 Å². The predicted octanol–water partition coefficient (Wildman–Crippen LogP) is 2.00. The van der Waals surface area contributed by atoms with Crippen molar-refractivity contribution in [3.8, 4) is 11.5 Å². The van der Waals surface area contributed by atoms with Crippen LogP contribution in [0.4, 0.5) is 0 Å². The highest BCUT2D eigenvalue weighted by Gasteiger charge is 2.41. The number of quaternary nitrogens is 1. The Kier molecular flexibility index (Phi) is 4.16. The number of rotatable bonds is 6. The fourth-order valence-corrected chi connectivity index (χ4v) is 4.08. The second kappa shape index (κ2) is 6.04. The van der Waals surface area contributed by atoms with E-state index in [1.165, 1.54) is 37.8 Å². The number of methoxy groups -OCH3 is 2. The molecule has 2 bridgehead atoms. The molecule has 0 spiro atoms. The molecule has 3 atom stereocenters. The summed E-state index contributed by atoms with van der Waals surface area (Å²) >= 11 is 0. The lowest BCUT2D eigenvalue weighted by molar-refractivity contribution is -0.694. The Morgan fingerprint density at radius 2 is 1.95 bits per heavy atom. The Labute approximate surface area is 121 Å². The van der Waals surface area contributed by atoms with Crippen LogP contribution in [0.25, 0.3) is 0 Å². The highest BCUT2D eigenvalue weighted by Crippen LogP contribution is 2.42. The van der Waals surface area contributed by atoms with Crippen molar-refractivity contribution in [3.63, 3.8) is 0 Å². The molecule has 0 aliphatic heterocycles. The first kappa shape index (κ1) is 13.7. The lowest BCUT2D eigenvalue weighted by Gasteiger charge is -2.19. The minimum absolute atomic E-state index is 0.813. The van der Waals surface area contributed by atoms with Crippen LogP contribution in [-0.2, 0) is 6.42 Å². The van der Waals surface area contributed by atoms with E-state index in [0.717, 1.165) is 35.8 Å². The van der Waals surface area contributed by atoms with Gasteiger partial charge in [0.2, 0.25) is 0 Å². The second-order valence-corrected chi connectivity index (χ2v) is 6.30. The molecule has 0 aromatic heterocycles. The molecule has 110 valence electrons. The largest absolute Gasteiger partial charge is 0.493 e. The van der Waals surface area contributed by atoms with E-state index in [1.807, 2.05) is 6.07 Å². The number of benzene rings is 1. The van der Waals surface area contributed by atoms with Crippen molar-refractivity contribution in [1.82, 2.24) is 0 Å². The maximum atomic E-state index is 5.36. The van der Waals surface area contributed by atoms with Crippen molar-refractivity contribution in [3.05, 3.63) is 23.8 Å². The van der Waals surface area contributed by atoms with Gasteiger partial charge in [-0.15, -0.1) is 0 Å². The van der Waals surface area contributed by atoms with Gasteiger partial charge in [0.15, 0.2) is 11.5 Å². The van der Waals surface area contributed by atoms with Gasteiger partial charge in [-0.3, -0.25) is 0 Å². The van der Waals surface area contributed by atoms with Crippen LogP contribution in [0.15, 0.2) is 18.2 Å². The molecule has 2 aliphatic rings. The first-order chi connectivity index (χ1) is 9.80. The van der Waals surface area contributed by atoms with Gasteiger partial charge < -0.3 is 14.8 Å². The molecule has 1 aromatic carbocycles. The van der Waals surface area contributed by atoms with Gasteiger partial charge in [0.1, 0.15) is 0 Å². The molecule has 3 rings (SSSR count). The van der Waals surface area contributed by atoms with Crippen molar-refractivity contribution in [2.24, 2.45) is 11.8 Å². The minimum atomic E-state index is 0.813. The van der Waals surface area contributed by atoms with Gasteiger partial charge in [-0.1, -0.05) is 6.07 Å². The fourth-order valence-electron chi connectivity index (χ4n) is 4.08. The summed E-state index contributed by atoms with van der Waals surface area (Å²) in [5, 5.41) is 2.58. The molecular weight excluding hydrogens is 250 g/mol. The average molecular weight is 276 g/mol. The van der Waals surface area contributed by atoms with Gasteiger partial charge >= 0.3 is 0 Å². The van der Waals surface area contributed by atoms with Gasteiger partial charge in [0.25, 0.3) is 0 Å². The van der Waals surface area contributed by atoms with Crippen LogP contribution < -0.4 is 14.8 Å². The van der Waals surface area contributed by atoms with E-state index >= 15 is 0 Å². The SMILES string of the molecule is COc1ccc(CC[NH2+][C@@H]2C[C@H]3CC[C@@H]2C3)cc1OC. The lowest BCUT2D eigenvalue weighted by atomic mass is 9.95. The Hall–Kier alpha value is -1.22. The topological polar surface area (TPSA) is 35.1 Å². The molecule has 0 unspecified atom stereocenters. The second-order valence-electron chi connectivity index (χ2n) is 6.30. The molecule has 0 amide bonds. The smallest absolute Gasteiger partial charge is 0.160 e. The van der Waals surface area contributed by atoms with Gasteiger partial charge in [0, 0.05) is 18.8 Å². The molecular formula is C17H26NO2+. The van der Waals surface area contributed by atoms with E-state index in [0.29, 0.717) is 0 Å². The molecule has 0 saturated heterocycles. The Morgan fingerprint density at radius 3 is 2.60 bits per heavy atom. The zero-order valence-corrected chi connectivity index (χ0v) is 12.6. The van der Waals surface area contributed by atoms with Gasteiger partial charge in [0.05, 0.1) is 26.8 Å². The van der Waals surface area contributed by atoms with E-state index in [9.17, 15) is 0 Å². The number of hydrogen-bond acceptors (Lipinski definition) is 2. The summed E-state index contributed by atoms with van der Waals surface area (Å²) in [6.07, 6.45) is 7.02. The Bertz CT molecular complexity index is 460. The maximum Gasteiger partial charge on any atom is 0.160 e. The molecule has 20 heavy (non-hydrogen) atoms. The summed E-state index contributed by atoms with van der Waals surface area (Å²) in [6, 6.07) is 7.16. The predicted molar refractivity (Wildman–Crippen MR) is 79.3 cm³/mol. The quantitative estimate of drug-likeness (QED) is 0.862. The van der Waals surface area contributed by atoms with Crippen molar-refractivity contribution < 1.29 is 14.8 Å². The Balaban J connectivity index is 1.51. The summed E-state index contributed by atoms with van der Waals surface area (Å²) in [5.41, 5.74) is 1.34. The fraction of sp³-hybridized carbons (Fsp3) is 0.647. The van der Waals surface area contributed by atoms with E-state index < -0.39 is 0 Å². The summed E-state index contributed by atoms with van der Waals surface area (Å²) in [6.45, 7) is 1.18. The zero-order valence-electron chi connectivity index (χ0n) is 12.6. The molecule has 2 saturated carbocycles. The third kappa shape index (κ3) is 2.78. The number of hydrogen-bond donors (Lipinski definition) is 1. The third-order valence-electron chi connectivity index (χ3n) is 5.14. The van der Waals surface area contributed by atoms with Crippen molar-refractivity contribution in [2.45, 2.75) is 38.1 Å². The summed E-state index contributed by atoms with van der Waals surface area (Å²) in [5.74, 6) is 3.70. The molecule has 2 fully saturated rings. The van der Waals surface area contributed by atoms with Crippen LogP contribution in [-0.4, -0.2) is 26.8 Å². The van der Waals surface area contributed by atoms with Crippen LogP contribution >= 0.6 is 0 Å². The molecule has 0 heterocycles. The Morgan fingerprint density at radius 1 is 1.10 bits per heavy atom. The lowest BCUT2D eigenvalue weighted by Crippen LogP contribution is -2.91. The molecule has 3 nitrogen and oxygen atoms in total. The molecule has 0 radical (unpaired) electrons. The minimum Gasteiger partial charge on any atom is -0.493 e. The monoisotopic (exact) mass is 276 g/mol. The maximum absolute atomic E-state index is 5.36. The molecule has 2 N–H and O–H groups in total. The standard InChI is InChI=1S/C17H25NO2/c1-19-16-6-4-12(11-17(16)20-2)7-8-18-15-10-13-3-5-14(15)9-13/h4,6,11,13-15,18H,3,5,7-10H2,1-2H3/p+1/t13-,14+,15+/m0/s1. The van der Waals surface area contributed by atoms with Crippen molar-refractivity contribution >= 4 is 0 Å². The van der Waals surface area contributed by atoms with E-state index in [4.69, 9.17) is 9.47 Å². The highest BCUT2D eigenvalue weighted by atomic mass is 16.5. The highest BCUT2D eigenvalue weighted by molar-refractivity contribution is 5.42. The van der Waals surface area contributed by atoms with E-state index in [2.05, 4.69) is 17.4 Å². The van der Waals surface area contributed by atoms with Crippen LogP contribution in [0, 0.1) is 11.8 Å². The third-order valence-corrected chi connectivity index (χ3v) is 5.14. The number of ether oxygens (including phenoxy) is 2. The molecule has 2 aliphatic carbocycles. The summed E-state index contributed by atoms with van der Waals surface area (Å²) in [7, 11) is 3.38. The number of fused-ring (bicyclic) bond motifs is 2. The van der Waals surface area contributed by atoms with Crippen LogP contribution in [0.5, 0.6) is 11.5 Å².